The van der Waals surface area contributed by atoms with Crippen molar-refractivity contribution in [2.24, 2.45) is 0 Å². The van der Waals surface area contributed by atoms with Crippen molar-refractivity contribution in [1.29, 1.82) is 0 Å². The second-order valence-electron chi connectivity index (χ2n) is 13.5. The lowest BCUT2D eigenvalue weighted by molar-refractivity contribution is -0.139. The molecular weight excluding hydrogens is 466 g/mol. The van der Waals surface area contributed by atoms with Crippen molar-refractivity contribution in [3.05, 3.63) is 48.0 Å². The molecule has 0 fully saturated rings. The lowest BCUT2D eigenvalue weighted by Gasteiger charge is -2.49. The largest absolute Gasteiger partial charge is 0.414 e. The van der Waals surface area contributed by atoms with Gasteiger partial charge in [0.05, 0.1) is 24.8 Å². The highest BCUT2D eigenvalue weighted by Crippen LogP contribution is 2.41. The first-order valence-corrected chi connectivity index (χ1v) is 19.1. The molecule has 2 atom stereocenters. The summed E-state index contributed by atoms with van der Waals surface area (Å²) >= 11 is 0. The van der Waals surface area contributed by atoms with Crippen molar-refractivity contribution in [2.45, 2.75) is 116 Å². The smallest absolute Gasteiger partial charge is 0.247 e. The van der Waals surface area contributed by atoms with E-state index in [1.165, 1.54) is 0 Å². The molecule has 35 heavy (non-hydrogen) atoms. The van der Waals surface area contributed by atoms with Crippen LogP contribution >= 0.6 is 0 Å². The van der Waals surface area contributed by atoms with Crippen LogP contribution in [0.2, 0.25) is 36.3 Å². The Labute approximate surface area is 217 Å². The summed E-state index contributed by atoms with van der Waals surface area (Å²) in [7, 11) is -3.99. The zero-order valence-corrected chi connectivity index (χ0v) is 26.3. The molecule has 0 bridgehead atoms. The molecule has 1 aliphatic heterocycles. The number of allylic oxidation sites excluding steroid dienone is 1. The van der Waals surface area contributed by atoms with Crippen LogP contribution in [0.25, 0.3) is 0 Å². The molecule has 1 aromatic rings. The van der Waals surface area contributed by atoms with Crippen LogP contribution in [0, 0.1) is 0 Å². The van der Waals surface area contributed by atoms with Gasteiger partial charge in [-0.1, -0.05) is 78.0 Å². The summed E-state index contributed by atoms with van der Waals surface area (Å²) in [5.41, 5.74) is 0.696. The monoisotopic (exact) mass is 517 g/mol. The van der Waals surface area contributed by atoms with Crippen molar-refractivity contribution >= 4 is 22.5 Å². The number of amides is 1. The molecule has 198 valence electrons. The Morgan fingerprint density at radius 2 is 1.49 bits per heavy atom. The molecule has 4 nitrogen and oxygen atoms in total. The molecule has 0 unspecified atom stereocenters. The first-order valence-electron chi connectivity index (χ1n) is 13.2. The van der Waals surface area contributed by atoms with E-state index in [9.17, 15) is 4.79 Å². The average molecular weight is 518 g/mol. The summed E-state index contributed by atoms with van der Waals surface area (Å²) in [5, 5.41) is 0.215. The van der Waals surface area contributed by atoms with Gasteiger partial charge >= 0.3 is 0 Å². The molecular formula is C29H51NO3Si2. The zero-order chi connectivity index (χ0) is 26.7. The molecule has 0 saturated heterocycles. The Hall–Kier alpha value is -1.22. The Bertz CT molecular complexity index is 868. The summed E-state index contributed by atoms with van der Waals surface area (Å²) in [6.07, 6.45) is 6.65. The molecule has 0 spiro atoms. The van der Waals surface area contributed by atoms with Crippen molar-refractivity contribution in [2.75, 3.05) is 13.2 Å². The highest BCUT2D eigenvalue weighted by molar-refractivity contribution is 6.74. The highest BCUT2D eigenvalue weighted by Gasteiger charge is 2.45. The quantitative estimate of drug-likeness (QED) is 0.327. The third-order valence-electron chi connectivity index (χ3n) is 8.62. The minimum absolute atomic E-state index is 0.0544. The van der Waals surface area contributed by atoms with Gasteiger partial charge in [0.2, 0.25) is 5.91 Å². The van der Waals surface area contributed by atoms with E-state index < -0.39 is 22.2 Å². The van der Waals surface area contributed by atoms with Crippen molar-refractivity contribution < 1.29 is 13.6 Å². The van der Waals surface area contributed by atoms with Gasteiger partial charge in [0, 0.05) is 0 Å². The predicted molar refractivity (Wildman–Crippen MR) is 154 cm³/mol. The van der Waals surface area contributed by atoms with Crippen LogP contribution in [-0.2, 0) is 13.6 Å². The van der Waals surface area contributed by atoms with Crippen LogP contribution in [0.1, 0.15) is 79.3 Å². The van der Waals surface area contributed by atoms with Gasteiger partial charge < -0.3 is 13.8 Å². The van der Waals surface area contributed by atoms with Crippen LogP contribution in [0.4, 0.5) is 0 Å². The molecule has 1 amide bonds. The number of carbonyl (C=O) groups excluding carboxylic acids is 1. The molecule has 0 saturated carbocycles. The zero-order valence-electron chi connectivity index (χ0n) is 24.3. The molecule has 6 heteroatoms. The molecule has 0 radical (unpaired) electrons. The van der Waals surface area contributed by atoms with Gasteiger partial charge in [-0.25, -0.2) is 0 Å². The normalized spacial score (nSPS) is 22.5. The molecule has 1 aromatic carbocycles. The Morgan fingerprint density at radius 1 is 0.943 bits per heavy atom. The first kappa shape index (κ1) is 30.0. The Kier molecular flexibility index (Phi) is 9.46. The minimum Gasteiger partial charge on any atom is -0.414 e. The molecule has 1 heterocycles. The van der Waals surface area contributed by atoms with Gasteiger partial charge in [0.25, 0.3) is 0 Å². The maximum Gasteiger partial charge on any atom is 0.247 e. The van der Waals surface area contributed by atoms with Gasteiger partial charge in [-0.05, 0) is 74.1 Å². The molecule has 0 aromatic heterocycles. The van der Waals surface area contributed by atoms with E-state index in [-0.39, 0.29) is 22.0 Å². The average Bonchev–Trinajstić information content (AvgIpc) is 2.73. The maximum absolute atomic E-state index is 13.8. The van der Waals surface area contributed by atoms with Crippen LogP contribution in [0.3, 0.4) is 0 Å². The van der Waals surface area contributed by atoms with Gasteiger partial charge in [-0.15, -0.1) is 0 Å². The summed E-state index contributed by atoms with van der Waals surface area (Å²) in [6.45, 7) is 26.0. The van der Waals surface area contributed by atoms with Crippen molar-refractivity contribution in [3.8, 4) is 0 Å². The standard InChI is InChI=1S/C29H51NO3Si2/c1-27(2,3)34(8,9)32-22-25(24-18-14-12-15-19-24)30-26(31)20-16-13-17-21-29(30,7)23-33-35(10,11)28(4,5)6/h12,14-16,18-20,25H,13,17,21-23H2,1-11H3/b20-16-/t25-,29+/m0/s1. The van der Waals surface area contributed by atoms with Gasteiger partial charge in [0.15, 0.2) is 16.6 Å². The van der Waals surface area contributed by atoms with E-state index in [2.05, 4.69) is 104 Å². The fourth-order valence-electron chi connectivity index (χ4n) is 3.97. The SMILES string of the molecule is CC(C)(C)[Si](C)(C)OC[C@@H](c1ccccc1)N1C(=O)/C=C\CCC[C@]1(C)CO[Si](C)(C)C(C)(C)C. The topological polar surface area (TPSA) is 38.8 Å². The maximum atomic E-state index is 13.8. The van der Waals surface area contributed by atoms with Gasteiger partial charge in [-0.3, -0.25) is 4.79 Å². The fraction of sp³-hybridized carbons (Fsp3) is 0.690. The number of carbonyl (C=O) groups is 1. The number of hydrogen-bond acceptors (Lipinski definition) is 3. The third kappa shape index (κ3) is 7.40. The van der Waals surface area contributed by atoms with Crippen LogP contribution in [0.15, 0.2) is 42.5 Å². The van der Waals surface area contributed by atoms with Crippen molar-refractivity contribution in [1.82, 2.24) is 4.90 Å². The number of nitrogens with zero attached hydrogens (tertiary/aromatic N) is 1. The number of benzene rings is 1. The van der Waals surface area contributed by atoms with E-state index in [0.717, 1.165) is 24.8 Å². The third-order valence-corrected chi connectivity index (χ3v) is 17.6. The van der Waals surface area contributed by atoms with Crippen molar-refractivity contribution in [3.63, 3.8) is 0 Å². The lowest BCUT2D eigenvalue weighted by atomic mass is 9.88. The van der Waals surface area contributed by atoms with Crippen LogP contribution in [-0.4, -0.2) is 46.2 Å². The summed E-state index contributed by atoms with van der Waals surface area (Å²) in [6, 6.07) is 10.2. The van der Waals surface area contributed by atoms with Gasteiger partial charge in [-0.2, -0.15) is 0 Å². The lowest BCUT2D eigenvalue weighted by Crippen LogP contribution is -2.57. The molecule has 2 rings (SSSR count). The first-order chi connectivity index (χ1) is 15.9. The van der Waals surface area contributed by atoms with E-state index >= 15 is 0 Å². The minimum atomic E-state index is -2.01. The Balaban J connectivity index is 2.52. The second-order valence-corrected chi connectivity index (χ2v) is 23.2. The fourth-order valence-corrected chi connectivity index (χ4v) is 6.09. The predicted octanol–water partition coefficient (Wildman–Crippen LogP) is 8.10. The molecule has 1 aliphatic rings. The van der Waals surface area contributed by atoms with E-state index in [1.807, 2.05) is 12.1 Å². The van der Waals surface area contributed by atoms with E-state index in [1.54, 1.807) is 6.08 Å². The molecule has 0 aliphatic carbocycles. The Morgan fingerprint density at radius 3 is 2.03 bits per heavy atom. The number of hydrogen-bond donors (Lipinski definition) is 0. The summed E-state index contributed by atoms with van der Waals surface area (Å²) in [5.74, 6) is 0.0544. The molecule has 0 N–H and O–H groups in total. The van der Waals surface area contributed by atoms with E-state index in [0.29, 0.717) is 13.2 Å². The highest BCUT2D eigenvalue weighted by atomic mass is 28.4. The summed E-state index contributed by atoms with van der Waals surface area (Å²) < 4.78 is 13.6. The van der Waals surface area contributed by atoms with E-state index in [4.69, 9.17) is 8.85 Å². The van der Waals surface area contributed by atoms with Crippen LogP contribution < -0.4 is 0 Å². The summed E-state index contributed by atoms with van der Waals surface area (Å²) in [4.78, 5) is 15.9. The number of rotatable bonds is 8. The van der Waals surface area contributed by atoms with Gasteiger partial charge in [0.1, 0.15) is 0 Å². The van der Waals surface area contributed by atoms with Crippen LogP contribution in [0.5, 0.6) is 0 Å². The second kappa shape index (κ2) is 11.0.